The molecular formula is C10H7IN2S. The van der Waals surface area contributed by atoms with Crippen LogP contribution in [0.15, 0.2) is 33.3 Å². The van der Waals surface area contributed by atoms with E-state index in [2.05, 4.69) is 12.6 Å². The van der Waals surface area contributed by atoms with Gasteiger partial charge in [-0.1, -0.05) is 34.7 Å². The third kappa shape index (κ3) is 2.59. The number of thiol groups is 1. The number of rotatable bonds is 2. The van der Waals surface area contributed by atoms with Gasteiger partial charge in [-0.05, 0) is 16.2 Å². The fourth-order valence-electron chi connectivity index (χ4n) is 0.914. The summed E-state index contributed by atoms with van der Waals surface area (Å²) < 4.78 is 1.74. The number of allylic oxidation sites excluding steroid dienone is 1. The van der Waals surface area contributed by atoms with Crippen LogP contribution >= 0.6 is 35.2 Å². The number of benzene rings is 1. The quantitative estimate of drug-likeness (QED) is 0.492. The normalized spacial score (nSPS) is 10.8. The Labute approximate surface area is 102 Å². The highest BCUT2D eigenvalue weighted by atomic mass is 127. The molecule has 0 amide bonds. The van der Waals surface area contributed by atoms with Crippen LogP contribution < -0.4 is 0 Å². The van der Waals surface area contributed by atoms with Gasteiger partial charge < -0.3 is 0 Å². The molecule has 1 aromatic rings. The summed E-state index contributed by atoms with van der Waals surface area (Å²) in [5.41, 5.74) is 1.73. The second-order valence-electron chi connectivity index (χ2n) is 2.56. The molecule has 0 aliphatic carbocycles. The molecule has 2 nitrogen and oxygen atoms in total. The molecule has 1 aromatic carbocycles. The molecule has 70 valence electrons. The van der Waals surface area contributed by atoms with E-state index in [1.54, 1.807) is 28.3 Å². The molecule has 0 fully saturated rings. The average molecular weight is 314 g/mol. The molecule has 0 aliphatic heterocycles. The van der Waals surface area contributed by atoms with E-state index < -0.39 is 0 Å². The molecule has 0 atom stereocenters. The van der Waals surface area contributed by atoms with Crippen molar-refractivity contribution in [3.05, 3.63) is 44.4 Å². The first-order valence-corrected chi connectivity index (χ1v) is 5.47. The molecule has 0 saturated heterocycles. The van der Waals surface area contributed by atoms with E-state index in [1.165, 1.54) is 0 Å². The van der Waals surface area contributed by atoms with E-state index in [4.69, 9.17) is 10.7 Å². The molecule has 1 rings (SSSR count). The molecule has 0 bridgehead atoms. The number of nitrogens with one attached hydrogen (secondary N) is 1. The van der Waals surface area contributed by atoms with Crippen molar-refractivity contribution in [1.29, 1.82) is 10.7 Å². The molecule has 0 saturated carbocycles. The minimum atomic E-state index is 0.368. The zero-order valence-corrected chi connectivity index (χ0v) is 10.2. The number of nitrogens with zero attached hydrogens (tertiary/aromatic N) is 1. The van der Waals surface area contributed by atoms with Crippen molar-refractivity contribution in [1.82, 2.24) is 0 Å². The predicted molar refractivity (Wildman–Crippen MR) is 69.1 cm³/mol. The van der Waals surface area contributed by atoms with Crippen LogP contribution in [-0.4, -0.2) is 5.71 Å². The lowest BCUT2D eigenvalue weighted by Crippen LogP contribution is -1.98. The lowest BCUT2D eigenvalue weighted by molar-refractivity contribution is 1.46. The number of nitriles is 1. The van der Waals surface area contributed by atoms with Crippen molar-refractivity contribution in [2.75, 3.05) is 0 Å². The summed E-state index contributed by atoms with van der Waals surface area (Å²) in [7, 11) is 0. The topological polar surface area (TPSA) is 47.6 Å². The third-order valence-corrected chi connectivity index (χ3v) is 3.13. The first-order chi connectivity index (χ1) is 6.69. The monoisotopic (exact) mass is 314 g/mol. The van der Waals surface area contributed by atoms with Crippen molar-refractivity contribution in [2.24, 2.45) is 0 Å². The molecule has 0 heterocycles. The van der Waals surface area contributed by atoms with Crippen molar-refractivity contribution < 1.29 is 0 Å². The average Bonchev–Trinajstić information content (AvgIpc) is 2.27. The fraction of sp³-hybridized carbons (Fsp3) is 0. The Bertz CT molecular complexity index is 415. The Morgan fingerprint density at radius 3 is 2.43 bits per heavy atom. The maximum absolute atomic E-state index is 8.59. The van der Waals surface area contributed by atoms with E-state index in [-0.39, 0.29) is 0 Å². The van der Waals surface area contributed by atoms with Gasteiger partial charge in [-0.2, -0.15) is 5.26 Å². The summed E-state index contributed by atoms with van der Waals surface area (Å²) in [4.78, 5) is 0.621. The van der Waals surface area contributed by atoms with Crippen LogP contribution in [0.5, 0.6) is 0 Å². The van der Waals surface area contributed by atoms with Crippen molar-refractivity contribution >= 4 is 40.9 Å². The lowest BCUT2D eigenvalue weighted by Gasteiger charge is -2.02. The second kappa shape index (κ2) is 5.17. The van der Waals surface area contributed by atoms with Gasteiger partial charge in [0.05, 0.1) is 17.3 Å². The van der Waals surface area contributed by atoms with Crippen molar-refractivity contribution in [2.45, 2.75) is 0 Å². The van der Waals surface area contributed by atoms with Crippen LogP contribution in [0.3, 0.4) is 0 Å². The van der Waals surface area contributed by atoms with Gasteiger partial charge in [-0.15, -0.1) is 12.6 Å². The summed E-state index contributed by atoms with van der Waals surface area (Å²) in [6, 6.07) is 8.91. The summed E-state index contributed by atoms with van der Waals surface area (Å²) in [5.74, 6) is 0. The second-order valence-corrected chi connectivity index (χ2v) is 3.66. The van der Waals surface area contributed by atoms with Crippen molar-refractivity contribution in [3.63, 3.8) is 0 Å². The van der Waals surface area contributed by atoms with Gasteiger partial charge in [0, 0.05) is 10.5 Å². The standard InChI is InChI=1S/C10H7IN2S/c11-5-9(14)10(13)8-3-1-7(6-12)2-4-8/h1-5,13-14H/b9-5+,13-10?. The Balaban J connectivity index is 3.00. The molecule has 0 aliphatic rings. The van der Waals surface area contributed by atoms with Gasteiger partial charge in [0.1, 0.15) is 0 Å². The number of hydrogen-bond donors (Lipinski definition) is 2. The molecule has 0 radical (unpaired) electrons. The molecule has 4 heteroatoms. The summed E-state index contributed by atoms with van der Waals surface area (Å²) in [5, 5.41) is 16.3. The maximum atomic E-state index is 8.59. The van der Waals surface area contributed by atoms with Crippen LogP contribution in [0, 0.1) is 16.7 Å². The first kappa shape index (κ1) is 11.3. The minimum absolute atomic E-state index is 0.368. The van der Waals surface area contributed by atoms with Gasteiger partial charge in [0.25, 0.3) is 0 Å². The zero-order chi connectivity index (χ0) is 10.6. The van der Waals surface area contributed by atoms with Gasteiger partial charge >= 0.3 is 0 Å². The lowest BCUT2D eigenvalue weighted by atomic mass is 10.1. The molecule has 1 N–H and O–H groups in total. The SMILES string of the molecule is N#Cc1ccc(C(=N)/C(S)=C\I)cc1. The molecule has 14 heavy (non-hydrogen) atoms. The van der Waals surface area contributed by atoms with Crippen LogP contribution in [0.25, 0.3) is 0 Å². The van der Waals surface area contributed by atoms with Gasteiger partial charge in [0.15, 0.2) is 0 Å². The minimum Gasteiger partial charge on any atom is -0.299 e. The van der Waals surface area contributed by atoms with E-state index in [9.17, 15) is 0 Å². The van der Waals surface area contributed by atoms with Crippen LogP contribution in [0.1, 0.15) is 11.1 Å². The van der Waals surface area contributed by atoms with Crippen molar-refractivity contribution in [3.8, 4) is 6.07 Å². The van der Waals surface area contributed by atoms with E-state index >= 15 is 0 Å². The predicted octanol–water partition coefficient (Wildman–Crippen LogP) is 3.13. The maximum Gasteiger partial charge on any atom is 0.0991 e. The highest BCUT2D eigenvalue weighted by molar-refractivity contribution is 14.1. The fourth-order valence-corrected chi connectivity index (χ4v) is 1.35. The highest BCUT2D eigenvalue weighted by Crippen LogP contribution is 2.13. The van der Waals surface area contributed by atoms with Gasteiger partial charge in [0.2, 0.25) is 0 Å². The first-order valence-electron chi connectivity index (χ1n) is 3.78. The van der Waals surface area contributed by atoms with Crippen LogP contribution in [0.2, 0.25) is 0 Å². The van der Waals surface area contributed by atoms with E-state index in [0.29, 0.717) is 16.2 Å². The van der Waals surface area contributed by atoms with Crippen LogP contribution in [0.4, 0.5) is 0 Å². The van der Waals surface area contributed by atoms with Crippen LogP contribution in [-0.2, 0) is 0 Å². The van der Waals surface area contributed by atoms with Gasteiger partial charge in [-0.25, -0.2) is 0 Å². The smallest absolute Gasteiger partial charge is 0.0991 e. The number of hydrogen-bond acceptors (Lipinski definition) is 3. The Morgan fingerprint density at radius 1 is 1.43 bits per heavy atom. The Morgan fingerprint density at radius 2 is 2.00 bits per heavy atom. The highest BCUT2D eigenvalue weighted by Gasteiger charge is 2.03. The largest absolute Gasteiger partial charge is 0.299 e. The Hall–Kier alpha value is -0.800. The summed E-state index contributed by atoms with van der Waals surface area (Å²) >= 11 is 6.19. The zero-order valence-electron chi connectivity index (χ0n) is 7.16. The Kier molecular flexibility index (Phi) is 4.17. The molecule has 0 aromatic heterocycles. The molecular weight excluding hydrogens is 307 g/mol. The van der Waals surface area contributed by atoms with E-state index in [1.807, 2.05) is 28.7 Å². The van der Waals surface area contributed by atoms with E-state index in [0.717, 1.165) is 5.56 Å². The molecule has 0 unspecified atom stereocenters. The summed E-state index contributed by atoms with van der Waals surface area (Å²) in [6.07, 6.45) is 0. The summed E-state index contributed by atoms with van der Waals surface area (Å²) in [6.45, 7) is 0. The third-order valence-electron chi connectivity index (χ3n) is 1.66. The van der Waals surface area contributed by atoms with Gasteiger partial charge in [-0.3, -0.25) is 5.41 Å². The number of halogens is 1. The molecule has 0 spiro atoms.